The third-order valence-electron chi connectivity index (χ3n) is 4.52. The first-order valence-electron chi connectivity index (χ1n) is 7.95. The van der Waals surface area contributed by atoms with Gasteiger partial charge >= 0.3 is 0 Å². The van der Waals surface area contributed by atoms with Gasteiger partial charge in [-0.2, -0.15) is 0 Å². The molecule has 1 saturated carbocycles. The topological polar surface area (TPSA) is 49.4 Å². The third kappa shape index (κ3) is 3.74. The van der Waals surface area contributed by atoms with Crippen molar-refractivity contribution in [1.82, 2.24) is 10.2 Å². The molecule has 4 heteroatoms. The van der Waals surface area contributed by atoms with Crippen LogP contribution in [0.5, 0.6) is 0 Å². The van der Waals surface area contributed by atoms with Crippen molar-refractivity contribution in [1.29, 1.82) is 0 Å². The van der Waals surface area contributed by atoms with Gasteiger partial charge in [0, 0.05) is 31.0 Å². The van der Waals surface area contributed by atoms with Crippen LogP contribution in [0.2, 0.25) is 0 Å². The van der Waals surface area contributed by atoms with E-state index in [2.05, 4.69) is 5.32 Å². The summed E-state index contributed by atoms with van der Waals surface area (Å²) in [6, 6.07) is 0. The monoisotopic (exact) mass is 280 g/mol. The molecule has 1 aliphatic heterocycles. The number of likely N-dealkylation sites (tertiary alicyclic amines) is 1. The lowest BCUT2D eigenvalue weighted by molar-refractivity contribution is -0.140. The van der Waals surface area contributed by atoms with E-state index in [-0.39, 0.29) is 17.2 Å². The molecule has 0 aromatic carbocycles. The van der Waals surface area contributed by atoms with Crippen LogP contribution in [0.1, 0.15) is 52.9 Å². The highest BCUT2D eigenvalue weighted by Crippen LogP contribution is 2.30. The van der Waals surface area contributed by atoms with Gasteiger partial charge < -0.3 is 10.2 Å². The zero-order chi connectivity index (χ0) is 14.8. The molecule has 2 aliphatic rings. The highest BCUT2D eigenvalue weighted by atomic mass is 16.2. The van der Waals surface area contributed by atoms with Gasteiger partial charge in [-0.3, -0.25) is 9.59 Å². The number of carbonyl (C=O) groups is 2. The maximum Gasteiger partial charge on any atom is 0.225 e. The second kappa shape index (κ2) is 6.15. The van der Waals surface area contributed by atoms with Crippen molar-refractivity contribution in [3.63, 3.8) is 0 Å². The average molecular weight is 280 g/mol. The van der Waals surface area contributed by atoms with E-state index in [0.29, 0.717) is 18.4 Å². The summed E-state index contributed by atoms with van der Waals surface area (Å²) < 4.78 is 0. The van der Waals surface area contributed by atoms with Crippen molar-refractivity contribution in [3.8, 4) is 0 Å². The van der Waals surface area contributed by atoms with Crippen LogP contribution in [0, 0.1) is 17.3 Å². The van der Waals surface area contributed by atoms with Crippen molar-refractivity contribution >= 4 is 11.8 Å². The SMILES string of the molecule is CC(C)(C)C(=O)NC[C@H]1CCCN(C(=O)C2CCC2)C1. The van der Waals surface area contributed by atoms with Gasteiger partial charge in [0.2, 0.25) is 11.8 Å². The molecular weight excluding hydrogens is 252 g/mol. The molecule has 0 bridgehead atoms. The number of hydrogen-bond acceptors (Lipinski definition) is 2. The third-order valence-corrected chi connectivity index (χ3v) is 4.52. The Morgan fingerprint density at radius 1 is 1.15 bits per heavy atom. The fourth-order valence-corrected chi connectivity index (χ4v) is 2.85. The molecule has 1 N–H and O–H groups in total. The molecule has 2 amide bonds. The predicted octanol–water partition coefficient (Wildman–Crippen LogP) is 2.19. The highest BCUT2D eigenvalue weighted by molar-refractivity contribution is 5.81. The van der Waals surface area contributed by atoms with Crippen LogP contribution >= 0.6 is 0 Å². The van der Waals surface area contributed by atoms with Gasteiger partial charge in [0.1, 0.15) is 0 Å². The smallest absolute Gasteiger partial charge is 0.225 e. The van der Waals surface area contributed by atoms with Gasteiger partial charge in [0.15, 0.2) is 0 Å². The Morgan fingerprint density at radius 3 is 2.40 bits per heavy atom. The molecule has 0 radical (unpaired) electrons. The molecule has 2 rings (SSSR count). The van der Waals surface area contributed by atoms with Gasteiger partial charge in [-0.25, -0.2) is 0 Å². The van der Waals surface area contributed by atoms with Crippen LogP contribution in [0.15, 0.2) is 0 Å². The number of hydrogen-bond donors (Lipinski definition) is 1. The maximum absolute atomic E-state index is 12.3. The fourth-order valence-electron chi connectivity index (χ4n) is 2.85. The second-order valence-electron chi connectivity index (χ2n) is 7.38. The van der Waals surface area contributed by atoms with E-state index < -0.39 is 0 Å². The quantitative estimate of drug-likeness (QED) is 0.861. The summed E-state index contributed by atoms with van der Waals surface area (Å²) >= 11 is 0. The van der Waals surface area contributed by atoms with E-state index in [1.165, 1.54) is 6.42 Å². The number of nitrogens with one attached hydrogen (secondary N) is 1. The zero-order valence-electron chi connectivity index (χ0n) is 13.1. The Hall–Kier alpha value is -1.06. The van der Waals surface area contributed by atoms with Gasteiger partial charge in [-0.1, -0.05) is 27.2 Å². The van der Waals surface area contributed by atoms with E-state index in [9.17, 15) is 9.59 Å². The Labute approximate surface area is 122 Å². The van der Waals surface area contributed by atoms with E-state index in [4.69, 9.17) is 0 Å². The Morgan fingerprint density at radius 2 is 1.85 bits per heavy atom. The summed E-state index contributed by atoms with van der Waals surface area (Å²) in [6.45, 7) is 8.20. The summed E-state index contributed by atoms with van der Waals surface area (Å²) in [4.78, 5) is 26.2. The Balaban J connectivity index is 1.78. The van der Waals surface area contributed by atoms with Crippen LogP contribution in [-0.4, -0.2) is 36.3 Å². The van der Waals surface area contributed by atoms with Crippen molar-refractivity contribution in [2.75, 3.05) is 19.6 Å². The van der Waals surface area contributed by atoms with Crippen LogP contribution < -0.4 is 5.32 Å². The molecular formula is C16H28N2O2. The van der Waals surface area contributed by atoms with Crippen LogP contribution in [-0.2, 0) is 9.59 Å². The van der Waals surface area contributed by atoms with Crippen molar-refractivity contribution in [2.24, 2.45) is 17.3 Å². The molecule has 114 valence electrons. The largest absolute Gasteiger partial charge is 0.355 e. The molecule has 0 unspecified atom stereocenters. The molecule has 20 heavy (non-hydrogen) atoms. The first-order chi connectivity index (χ1) is 9.38. The van der Waals surface area contributed by atoms with Gasteiger partial charge in [-0.05, 0) is 31.6 Å². The van der Waals surface area contributed by atoms with Crippen LogP contribution in [0.25, 0.3) is 0 Å². The molecule has 1 heterocycles. The highest BCUT2D eigenvalue weighted by Gasteiger charge is 2.32. The minimum absolute atomic E-state index is 0.0972. The molecule has 0 spiro atoms. The summed E-state index contributed by atoms with van der Waals surface area (Å²) in [7, 11) is 0. The lowest BCUT2D eigenvalue weighted by atomic mass is 9.83. The van der Waals surface area contributed by atoms with Crippen LogP contribution in [0.4, 0.5) is 0 Å². The zero-order valence-corrected chi connectivity index (χ0v) is 13.1. The van der Waals surface area contributed by atoms with Gasteiger partial charge in [0.25, 0.3) is 0 Å². The molecule has 0 aromatic heterocycles. The van der Waals surface area contributed by atoms with Crippen molar-refractivity contribution < 1.29 is 9.59 Å². The minimum Gasteiger partial charge on any atom is -0.355 e. The van der Waals surface area contributed by atoms with Gasteiger partial charge in [0.05, 0.1) is 0 Å². The van der Waals surface area contributed by atoms with Gasteiger partial charge in [-0.15, -0.1) is 0 Å². The predicted molar refractivity (Wildman–Crippen MR) is 79.1 cm³/mol. The fraction of sp³-hybridized carbons (Fsp3) is 0.875. The average Bonchev–Trinajstić information content (AvgIpc) is 2.33. The van der Waals surface area contributed by atoms with E-state index in [0.717, 1.165) is 38.8 Å². The number of rotatable bonds is 3. The Kier molecular flexibility index (Phi) is 4.71. The molecule has 0 aromatic rings. The van der Waals surface area contributed by atoms with E-state index >= 15 is 0 Å². The molecule has 2 fully saturated rings. The summed E-state index contributed by atoms with van der Waals surface area (Å²) in [5.74, 6) is 1.15. The Bertz CT molecular complexity index is 369. The standard InChI is InChI=1S/C16H28N2O2/c1-16(2,3)15(20)17-10-12-6-5-9-18(11-12)14(19)13-7-4-8-13/h12-13H,4-11H2,1-3H3,(H,17,20)/t12-/m1/s1. The summed E-state index contributed by atoms with van der Waals surface area (Å²) in [5.41, 5.74) is -0.337. The molecule has 1 saturated heterocycles. The number of piperidine rings is 1. The van der Waals surface area contributed by atoms with Crippen molar-refractivity contribution in [3.05, 3.63) is 0 Å². The van der Waals surface area contributed by atoms with E-state index in [1.807, 2.05) is 25.7 Å². The first kappa shape index (κ1) is 15.3. The number of carbonyl (C=O) groups excluding carboxylic acids is 2. The number of amides is 2. The summed E-state index contributed by atoms with van der Waals surface area (Å²) in [5, 5.41) is 3.03. The first-order valence-corrected chi connectivity index (χ1v) is 7.95. The van der Waals surface area contributed by atoms with Crippen molar-refractivity contribution in [2.45, 2.75) is 52.9 Å². The molecule has 1 atom stereocenters. The number of nitrogens with zero attached hydrogens (tertiary/aromatic N) is 1. The maximum atomic E-state index is 12.3. The summed E-state index contributed by atoms with van der Waals surface area (Å²) in [6.07, 6.45) is 5.52. The normalized spacial score (nSPS) is 24.1. The lowest BCUT2D eigenvalue weighted by Crippen LogP contribution is -2.47. The van der Waals surface area contributed by atoms with Crippen LogP contribution in [0.3, 0.4) is 0 Å². The molecule has 4 nitrogen and oxygen atoms in total. The second-order valence-corrected chi connectivity index (χ2v) is 7.38. The lowest BCUT2D eigenvalue weighted by Gasteiger charge is -2.37. The molecule has 1 aliphatic carbocycles. The van der Waals surface area contributed by atoms with E-state index in [1.54, 1.807) is 0 Å². The minimum atomic E-state index is -0.337.